The summed E-state index contributed by atoms with van der Waals surface area (Å²) >= 11 is 0. The number of hydrogen-bond donors (Lipinski definition) is 1. The number of piperidine rings is 1. The van der Waals surface area contributed by atoms with Crippen LogP contribution in [0, 0.1) is 29.1 Å². The van der Waals surface area contributed by atoms with Gasteiger partial charge in [-0.2, -0.15) is 5.26 Å². The second kappa shape index (κ2) is 9.32. The number of aromatic nitrogens is 1. The van der Waals surface area contributed by atoms with Crippen LogP contribution in [0.2, 0.25) is 0 Å². The van der Waals surface area contributed by atoms with Gasteiger partial charge in [0.05, 0.1) is 11.9 Å². The van der Waals surface area contributed by atoms with Crippen molar-refractivity contribution in [3.05, 3.63) is 59.4 Å². The molecule has 1 atom stereocenters. The number of fused-ring (bicyclic) bond motifs is 1. The zero-order valence-corrected chi connectivity index (χ0v) is 20.3. The topological polar surface area (TPSA) is 55.2 Å². The SMILES string of the molecule is N#Cc1ccc(N2CC(CN3CCC(C4(C5CCCC5)NCCc5ccccc54)CC3)C2)cn1. The molecule has 0 amide bonds. The molecule has 3 aliphatic heterocycles. The molecular weight excluding hydrogens is 418 g/mol. The minimum atomic E-state index is 0.202. The van der Waals surface area contributed by atoms with E-state index in [9.17, 15) is 0 Å². The summed E-state index contributed by atoms with van der Waals surface area (Å²) in [5, 5.41) is 13.1. The predicted octanol–water partition coefficient (Wildman–Crippen LogP) is 4.33. The third-order valence-electron chi connectivity index (χ3n) is 9.21. The fraction of sp³-hybridized carbons (Fsp3) is 0.586. The van der Waals surface area contributed by atoms with Gasteiger partial charge in [-0.15, -0.1) is 0 Å². The van der Waals surface area contributed by atoms with Crippen molar-refractivity contribution in [3.63, 3.8) is 0 Å². The van der Waals surface area contributed by atoms with Crippen molar-refractivity contribution in [1.29, 1.82) is 5.26 Å². The van der Waals surface area contributed by atoms with Gasteiger partial charge >= 0.3 is 0 Å². The van der Waals surface area contributed by atoms with Gasteiger partial charge in [0.2, 0.25) is 0 Å². The highest BCUT2D eigenvalue weighted by atomic mass is 15.2. The first-order chi connectivity index (χ1) is 16.8. The molecular formula is C29H37N5. The summed E-state index contributed by atoms with van der Waals surface area (Å²) in [5.74, 6) is 2.28. The monoisotopic (exact) mass is 455 g/mol. The molecule has 1 unspecified atom stereocenters. The first-order valence-corrected chi connectivity index (χ1v) is 13.4. The standard InChI is InChI=1S/C29H37N5/c30-17-26-9-10-27(18-31-26)34-20-22(21-34)19-33-15-12-25(13-16-33)29(24-6-2-3-7-24)28-8-4-1-5-23(28)11-14-32-29/h1,4-5,8-10,18,22,24-25,32H,2-3,6-7,11-16,19-21H2. The first kappa shape index (κ1) is 22.1. The highest BCUT2D eigenvalue weighted by molar-refractivity contribution is 5.48. The van der Waals surface area contributed by atoms with Crippen LogP contribution in [-0.4, -0.2) is 49.2 Å². The van der Waals surface area contributed by atoms with Crippen molar-refractivity contribution in [1.82, 2.24) is 15.2 Å². The van der Waals surface area contributed by atoms with Crippen LogP contribution < -0.4 is 10.2 Å². The molecule has 0 bridgehead atoms. The number of benzene rings is 1. The fourth-order valence-electron chi connectivity index (χ4n) is 7.56. The van der Waals surface area contributed by atoms with Crippen LogP contribution in [0.25, 0.3) is 0 Å². The second-order valence-electron chi connectivity index (χ2n) is 11.0. The van der Waals surface area contributed by atoms with E-state index >= 15 is 0 Å². The molecule has 6 rings (SSSR count). The molecule has 5 heteroatoms. The normalized spacial score (nSPS) is 26.7. The van der Waals surface area contributed by atoms with E-state index in [1.54, 1.807) is 11.1 Å². The summed E-state index contributed by atoms with van der Waals surface area (Å²) < 4.78 is 0. The Kier molecular flexibility index (Phi) is 6.05. The lowest BCUT2D eigenvalue weighted by atomic mass is 9.63. The van der Waals surface area contributed by atoms with Gasteiger partial charge in [-0.1, -0.05) is 37.1 Å². The summed E-state index contributed by atoms with van der Waals surface area (Å²) in [5.41, 5.74) is 5.08. The summed E-state index contributed by atoms with van der Waals surface area (Å²) in [6, 6.07) is 15.3. The lowest BCUT2D eigenvalue weighted by Gasteiger charge is -2.53. The average Bonchev–Trinajstić information content (AvgIpc) is 3.42. The lowest BCUT2D eigenvalue weighted by molar-refractivity contribution is 0.0492. The number of hydrogen-bond acceptors (Lipinski definition) is 5. The Labute approximate surface area is 204 Å². The van der Waals surface area contributed by atoms with Crippen LogP contribution in [-0.2, 0) is 12.0 Å². The number of rotatable bonds is 5. The molecule has 34 heavy (non-hydrogen) atoms. The molecule has 1 aliphatic carbocycles. The molecule has 1 saturated carbocycles. The molecule has 3 fully saturated rings. The smallest absolute Gasteiger partial charge is 0.140 e. The number of pyridine rings is 1. The van der Waals surface area contributed by atoms with Crippen LogP contribution in [0.4, 0.5) is 5.69 Å². The second-order valence-corrected chi connectivity index (χ2v) is 11.0. The molecule has 1 aromatic heterocycles. The number of nitriles is 1. The maximum atomic E-state index is 8.95. The van der Waals surface area contributed by atoms with Crippen molar-refractivity contribution in [2.75, 3.05) is 44.2 Å². The Morgan fingerprint density at radius 1 is 1.00 bits per heavy atom. The van der Waals surface area contributed by atoms with E-state index in [1.165, 1.54) is 64.6 Å². The van der Waals surface area contributed by atoms with Crippen LogP contribution >= 0.6 is 0 Å². The van der Waals surface area contributed by atoms with E-state index < -0.39 is 0 Å². The molecule has 0 spiro atoms. The van der Waals surface area contributed by atoms with Gasteiger partial charge in [-0.05, 0) is 80.3 Å². The Morgan fingerprint density at radius 2 is 1.76 bits per heavy atom. The van der Waals surface area contributed by atoms with Crippen molar-refractivity contribution >= 4 is 5.69 Å². The number of nitrogens with one attached hydrogen (secondary N) is 1. The van der Waals surface area contributed by atoms with Crippen LogP contribution in [0.15, 0.2) is 42.6 Å². The largest absolute Gasteiger partial charge is 0.369 e. The summed E-state index contributed by atoms with van der Waals surface area (Å²) in [4.78, 5) is 9.35. The summed E-state index contributed by atoms with van der Waals surface area (Å²) in [6.07, 6.45) is 11.2. The van der Waals surface area contributed by atoms with Gasteiger partial charge < -0.3 is 15.1 Å². The molecule has 1 N–H and O–H groups in total. The Bertz CT molecular complexity index is 1020. The molecule has 1 aromatic carbocycles. The van der Waals surface area contributed by atoms with E-state index in [4.69, 9.17) is 5.26 Å². The van der Waals surface area contributed by atoms with Gasteiger partial charge in [0, 0.05) is 37.6 Å². The quantitative estimate of drug-likeness (QED) is 0.727. The van der Waals surface area contributed by atoms with E-state index in [2.05, 4.69) is 50.4 Å². The predicted molar refractivity (Wildman–Crippen MR) is 136 cm³/mol. The van der Waals surface area contributed by atoms with E-state index in [0.29, 0.717) is 5.69 Å². The number of nitrogens with zero attached hydrogens (tertiary/aromatic N) is 4. The zero-order chi connectivity index (χ0) is 23.0. The van der Waals surface area contributed by atoms with Crippen LogP contribution in [0.1, 0.15) is 55.3 Å². The van der Waals surface area contributed by atoms with Crippen molar-refractivity contribution in [2.45, 2.75) is 50.5 Å². The minimum absolute atomic E-state index is 0.202. The molecule has 178 valence electrons. The third-order valence-corrected chi connectivity index (χ3v) is 9.21. The highest BCUT2D eigenvalue weighted by Gasteiger charge is 2.49. The molecule has 4 heterocycles. The zero-order valence-electron chi connectivity index (χ0n) is 20.3. The Morgan fingerprint density at radius 3 is 2.50 bits per heavy atom. The van der Waals surface area contributed by atoms with Gasteiger partial charge in [-0.25, -0.2) is 4.98 Å². The van der Waals surface area contributed by atoms with Crippen molar-refractivity contribution in [2.24, 2.45) is 17.8 Å². The van der Waals surface area contributed by atoms with Crippen molar-refractivity contribution in [3.8, 4) is 6.07 Å². The minimum Gasteiger partial charge on any atom is -0.369 e. The van der Waals surface area contributed by atoms with E-state index in [1.807, 2.05) is 18.3 Å². The summed E-state index contributed by atoms with van der Waals surface area (Å²) in [6.45, 7) is 7.03. The van der Waals surface area contributed by atoms with E-state index in [-0.39, 0.29) is 5.54 Å². The summed E-state index contributed by atoms with van der Waals surface area (Å²) in [7, 11) is 0. The Hall–Kier alpha value is -2.42. The fourth-order valence-corrected chi connectivity index (χ4v) is 7.56. The van der Waals surface area contributed by atoms with Crippen LogP contribution in [0.3, 0.4) is 0 Å². The highest BCUT2D eigenvalue weighted by Crippen LogP contribution is 2.50. The Balaban J connectivity index is 1.09. The maximum absolute atomic E-state index is 8.95. The maximum Gasteiger partial charge on any atom is 0.140 e. The molecule has 2 saturated heterocycles. The third kappa shape index (κ3) is 3.91. The number of anilines is 1. The molecule has 4 aliphatic rings. The molecule has 2 aromatic rings. The van der Waals surface area contributed by atoms with Gasteiger partial charge in [-0.3, -0.25) is 0 Å². The van der Waals surface area contributed by atoms with Gasteiger partial charge in [0.1, 0.15) is 11.8 Å². The lowest BCUT2D eigenvalue weighted by Crippen LogP contribution is -2.59. The van der Waals surface area contributed by atoms with E-state index in [0.717, 1.165) is 43.1 Å². The molecule has 5 nitrogen and oxygen atoms in total. The van der Waals surface area contributed by atoms with Gasteiger partial charge in [0.25, 0.3) is 0 Å². The average molecular weight is 456 g/mol. The number of likely N-dealkylation sites (tertiary alicyclic amines) is 1. The molecule has 0 radical (unpaired) electrons. The van der Waals surface area contributed by atoms with Crippen LogP contribution in [0.5, 0.6) is 0 Å². The van der Waals surface area contributed by atoms with Gasteiger partial charge in [0.15, 0.2) is 0 Å². The van der Waals surface area contributed by atoms with Crippen molar-refractivity contribution < 1.29 is 0 Å². The first-order valence-electron chi connectivity index (χ1n) is 13.4.